The van der Waals surface area contributed by atoms with E-state index in [1.54, 1.807) is 12.1 Å². The van der Waals surface area contributed by atoms with Crippen LogP contribution in [0.2, 0.25) is 0 Å². The zero-order chi connectivity index (χ0) is 14.3. The molecule has 0 spiro atoms. The molecule has 0 fully saturated rings. The fraction of sp³-hybridized carbons (Fsp3) is 0.538. The molecule has 19 heavy (non-hydrogen) atoms. The molecule has 1 unspecified atom stereocenters. The Kier molecular flexibility index (Phi) is 7.15. The van der Waals surface area contributed by atoms with Crippen molar-refractivity contribution in [1.82, 2.24) is 0 Å². The normalized spacial score (nSPS) is 12.3. The molecule has 0 radical (unpaired) electrons. The van der Waals surface area contributed by atoms with Gasteiger partial charge in [0.25, 0.3) is 0 Å². The summed E-state index contributed by atoms with van der Waals surface area (Å²) < 4.78 is 16.5. The van der Waals surface area contributed by atoms with Gasteiger partial charge in [0.1, 0.15) is 12.7 Å². The number of rotatable bonds is 8. The van der Waals surface area contributed by atoms with E-state index in [0.717, 1.165) is 5.56 Å². The highest BCUT2D eigenvalue weighted by molar-refractivity contribution is 9.10. The fourth-order valence-corrected chi connectivity index (χ4v) is 2.14. The van der Waals surface area contributed by atoms with Gasteiger partial charge < -0.3 is 24.4 Å². The standard InChI is InChI=1S/C13H19BrO5/c1-3-18-12-5-9(6-15)4-11(14)13(12)19-8-10(16)7-17-2/h4-5,10,15-16H,3,6-8H2,1-2H3. The van der Waals surface area contributed by atoms with Crippen LogP contribution in [0.25, 0.3) is 0 Å². The molecule has 108 valence electrons. The Morgan fingerprint density at radius 3 is 2.58 bits per heavy atom. The summed E-state index contributed by atoms with van der Waals surface area (Å²) in [6, 6.07) is 3.47. The molecule has 2 N–H and O–H groups in total. The van der Waals surface area contributed by atoms with Crippen LogP contribution in [0.1, 0.15) is 12.5 Å². The third-order valence-electron chi connectivity index (χ3n) is 2.33. The smallest absolute Gasteiger partial charge is 0.175 e. The molecule has 1 atom stereocenters. The molecule has 1 rings (SSSR count). The van der Waals surface area contributed by atoms with E-state index in [9.17, 15) is 5.11 Å². The Balaban J connectivity index is 2.85. The van der Waals surface area contributed by atoms with Gasteiger partial charge in [0.15, 0.2) is 11.5 Å². The van der Waals surface area contributed by atoms with E-state index < -0.39 is 6.10 Å². The van der Waals surface area contributed by atoms with Gasteiger partial charge in [0, 0.05) is 7.11 Å². The second-order valence-corrected chi connectivity index (χ2v) is 4.77. The van der Waals surface area contributed by atoms with Crippen LogP contribution in [0.5, 0.6) is 11.5 Å². The summed E-state index contributed by atoms with van der Waals surface area (Å²) in [4.78, 5) is 0. The summed E-state index contributed by atoms with van der Waals surface area (Å²) in [6.07, 6.45) is -0.705. The number of aliphatic hydroxyl groups excluding tert-OH is 2. The van der Waals surface area contributed by atoms with E-state index in [0.29, 0.717) is 22.6 Å². The zero-order valence-corrected chi connectivity index (χ0v) is 12.6. The average molecular weight is 335 g/mol. The molecular weight excluding hydrogens is 316 g/mol. The molecule has 5 nitrogen and oxygen atoms in total. The van der Waals surface area contributed by atoms with E-state index in [-0.39, 0.29) is 19.8 Å². The highest BCUT2D eigenvalue weighted by atomic mass is 79.9. The summed E-state index contributed by atoms with van der Waals surface area (Å²) in [5.74, 6) is 1.04. The van der Waals surface area contributed by atoms with Crippen LogP contribution in [0, 0.1) is 0 Å². The van der Waals surface area contributed by atoms with Crippen molar-refractivity contribution in [2.45, 2.75) is 19.6 Å². The topological polar surface area (TPSA) is 68.2 Å². The number of halogens is 1. The van der Waals surface area contributed by atoms with Crippen molar-refractivity contribution in [2.24, 2.45) is 0 Å². The first-order chi connectivity index (χ1) is 9.12. The molecule has 0 saturated heterocycles. The van der Waals surface area contributed by atoms with E-state index in [1.165, 1.54) is 7.11 Å². The van der Waals surface area contributed by atoms with Crippen molar-refractivity contribution in [3.05, 3.63) is 22.2 Å². The average Bonchev–Trinajstić information content (AvgIpc) is 2.38. The third kappa shape index (κ3) is 4.99. The molecular formula is C13H19BrO5. The second kappa shape index (κ2) is 8.37. The van der Waals surface area contributed by atoms with Gasteiger partial charge in [0.05, 0.1) is 24.3 Å². The Labute approximate surface area is 121 Å². The second-order valence-electron chi connectivity index (χ2n) is 3.92. The summed E-state index contributed by atoms with van der Waals surface area (Å²) in [5.41, 5.74) is 0.722. The maximum atomic E-state index is 9.58. The van der Waals surface area contributed by atoms with E-state index in [2.05, 4.69) is 15.9 Å². The predicted molar refractivity (Wildman–Crippen MR) is 74.6 cm³/mol. The lowest BCUT2D eigenvalue weighted by atomic mass is 10.2. The molecule has 0 aliphatic heterocycles. The van der Waals surface area contributed by atoms with Crippen LogP contribution in [0.3, 0.4) is 0 Å². The van der Waals surface area contributed by atoms with Crippen molar-refractivity contribution >= 4 is 15.9 Å². The van der Waals surface area contributed by atoms with E-state index in [1.807, 2.05) is 6.92 Å². The van der Waals surface area contributed by atoms with Gasteiger partial charge in [-0.1, -0.05) is 0 Å². The molecule has 0 heterocycles. The monoisotopic (exact) mass is 334 g/mol. The summed E-state index contributed by atoms with van der Waals surface area (Å²) in [6.45, 7) is 2.58. The molecule has 0 saturated carbocycles. The lowest BCUT2D eigenvalue weighted by Crippen LogP contribution is -2.23. The number of hydrogen-bond acceptors (Lipinski definition) is 5. The first kappa shape index (κ1) is 16.2. The van der Waals surface area contributed by atoms with Crippen molar-refractivity contribution in [2.75, 3.05) is 26.9 Å². The van der Waals surface area contributed by atoms with Gasteiger partial charge in [-0.3, -0.25) is 0 Å². The van der Waals surface area contributed by atoms with Crippen LogP contribution in [0.15, 0.2) is 16.6 Å². The molecule has 1 aromatic carbocycles. The number of ether oxygens (including phenoxy) is 3. The van der Waals surface area contributed by atoms with Crippen LogP contribution < -0.4 is 9.47 Å². The first-order valence-corrected chi connectivity index (χ1v) is 6.77. The van der Waals surface area contributed by atoms with Crippen LogP contribution in [0.4, 0.5) is 0 Å². The minimum atomic E-state index is -0.705. The summed E-state index contributed by atoms with van der Waals surface area (Å²) >= 11 is 3.37. The van der Waals surface area contributed by atoms with Gasteiger partial charge in [0.2, 0.25) is 0 Å². The molecule has 0 aliphatic rings. The lowest BCUT2D eigenvalue weighted by molar-refractivity contribution is 0.0316. The van der Waals surface area contributed by atoms with Crippen molar-refractivity contribution in [3.8, 4) is 11.5 Å². The molecule has 0 bridgehead atoms. The molecule has 0 aromatic heterocycles. The van der Waals surface area contributed by atoms with Gasteiger partial charge >= 0.3 is 0 Å². The Bertz CT molecular complexity index is 397. The number of aliphatic hydroxyl groups is 2. The minimum absolute atomic E-state index is 0.0781. The summed E-state index contributed by atoms with van der Waals surface area (Å²) in [5, 5.41) is 18.7. The van der Waals surface area contributed by atoms with Crippen molar-refractivity contribution in [3.63, 3.8) is 0 Å². The van der Waals surface area contributed by atoms with E-state index >= 15 is 0 Å². The molecule has 1 aromatic rings. The maximum absolute atomic E-state index is 9.58. The predicted octanol–water partition coefficient (Wildman–Crippen LogP) is 1.73. The van der Waals surface area contributed by atoms with Gasteiger partial charge in [-0.05, 0) is 40.5 Å². The quantitative estimate of drug-likeness (QED) is 0.757. The number of benzene rings is 1. The van der Waals surface area contributed by atoms with Crippen LogP contribution in [-0.2, 0) is 11.3 Å². The first-order valence-electron chi connectivity index (χ1n) is 5.98. The van der Waals surface area contributed by atoms with Gasteiger partial charge in [-0.25, -0.2) is 0 Å². The highest BCUT2D eigenvalue weighted by Crippen LogP contribution is 2.37. The number of hydrogen-bond donors (Lipinski definition) is 2. The zero-order valence-electron chi connectivity index (χ0n) is 11.1. The molecule has 0 amide bonds. The fourth-order valence-electron chi connectivity index (χ4n) is 1.54. The lowest BCUT2D eigenvalue weighted by Gasteiger charge is -2.17. The molecule has 6 heteroatoms. The van der Waals surface area contributed by atoms with Crippen LogP contribution >= 0.6 is 15.9 Å². The number of methoxy groups -OCH3 is 1. The third-order valence-corrected chi connectivity index (χ3v) is 2.92. The Hall–Kier alpha value is -0.820. The largest absolute Gasteiger partial charge is 0.490 e. The van der Waals surface area contributed by atoms with Crippen molar-refractivity contribution in [1.29, 1.82) is 0 Å². The van der Waals surface area contributed by atoms with Crippen LogP contribution in [-0.4, -0.2) is 43.2 Å². The van der Waals surface area contributed by atoms with Gasteiger partial charge in [-0.15, -0.1) is 0 Å². The SMILES string of the molecule is CCOc1cc(CO)cc(Br)c1OCC(O)COC. The van der Waals surface area contributed by atoms with E-state index in [4.69, 9.17) is 19.3 Å². The minimum Gasteiger partial charge on any atom is -0.490 e. The van der Waals surface area contributed by atoms with Gasteiger partial charge in [-0.2, -0.15) is 0 Å². The Morgan fingerprint density at radius 1 is 1.26 bits per heavy atom. The molecule has 0 aliphatic carbocycles. The van der Waals surface area contributed by atoms with Crippen molar-refractivity contribution < 1.29 is 24.4 Å². The maximum Gasteiger partial charge on any atom is 0.175 e. The summed E-state index contributed by atoms with van der Waals surface area (Å²) in [7, 11) is 1.51. The highest BCUT2D eigenvalue weighted by Gasteiger charge is 2.14. The Morgan fingerprint density at radius 2 is 2.00 bits per heavy atom.